The summed E-state index contributed by atoms with van der Waals surface area (Å²) >= 11 is 0. The quantitative estimate of drug-likeness (QED) is 0.566. The molecule has 3 rings (SSSR count). The maximum atomic E-state index is 12.7. The Bertz CT molecular complexity index is 895. The molecule has 5 heteroatoms. The minimum Gasteiger partial charge on any atom is -0.488 e. The summed E-state index contributed by atoms with van der Waals surface area (Å²) in [5, 5.41) is 0.518. The summed E-state index contributed by atoms with van der Waals surface area (Å²) < 4.78 is 22.3. The van der Waals surface area contributed by atoms with Crippen molar-refractivity contribution in [2.24, 2.45) is 0 Å². The van der Waals surface area contributed by atoms with Gasteiger partial charge in [0.15, 0.2) is 11.7 Å². The Kier molecular flexibility index (Phi) is 6.04. The van der Waals surface area contributed by atoms with Crippen LogP contribution in [-0.4, -0.2) is 26.1 Å². The highest BCUT2D eigenvalue weighted by atomic mass is 16.7. The Morgan fingerprint density at radius 1 is 1.00 bits per heavy atom. The fourth-order valence-electron chi connectivity index (χ4n) is 2.70. The van der Waals surface area contributed by atoms with Gasteiger partial charge in [-0.15, -0.1) is 0 Å². The van der Waals surface area contributed by atoms with Gasteiger partial charge in [0.1, 0.15) is 24.2 Å². The molecular weight excluding hydrogens is 332 g/mol. The number of hydrogen-bond donors (Lipinski definition) is 0. The largest absolute Gasteiger partial charge is 0.488 e. The van der Waals surface area contributed by atoms with E-state index in [0.717, 1.165) is 5.56 Å². The van der Waals surface area contributed by atoms with Gasteiger partial charge in [-0.05, 0) is 31.5 Å². The van der Waals surface area contributed by atoms with E-state index in [-0.39, 0.29) is 12.0 Å². The minimum atomic E-state index is -0.423. The first-order valence-electron chi connectivity index (χ1n) is 8.70. The second kappa shape index (κ2) is 8.65. The second-order valence-electron chi connectivity index (χ2n) is 5.65. The molecule has 0 bridgehead atoms. The Labute approximate surface area is 152 Å². The molecule has 0 N–H and O–H groups in total. The molecule has 1 aromatic heterocycles. The lowest BCUT2D eigenvalue weighted by atomic mass is 10.1. The summed E-state index contributed by atoms with van der Waals surface area (Å²) in [6.07, 6.45) is 1.07. The van der Waals surface area contributed by atoms with Gasteiger partial charge in [-0.2, -0.15) is 0 Å². The molecule has 26 heavy (non-hydrogen) atoms. The number of hydrogen-bond acceptors (Lipinski definition) is 5. The zero-order valence-electron chi connectivity index (χ0n) is 14.9. The molecule has 0 aliphatic carbocycles. The van der Waals surface area contributed by atoms with Gasteiger partial charge in [-0.1, -0.05) is 30.3 Å². The van der Waals surface area contributed by atoms with E-state index < -0.39 is 6.29 Å². The van der Waals surface area contributed by atoms with Crippen molar-refractivity contribution in [2.75, 3.05) is 19.8 Å². The van der Waals surface area contributed by atoms with E-state index in [1.54, 1.807) is 18.2 Å². The van der Waals surface area contributed by atoms with Crippen LogP contribution in [0.5, 0.6) is 5.75 Å². The molecule has 1 heterocycles. The average Bonchev–Trinajstić information content (AvgIpc) is 2.67. The molecule has 0 radical (unpaired) electrons. The number of rotatable bonds is 8. The summed E-state index contributed by atoms with van der Waals surface area (Å²) in [4.78, 5) is 12.7. The number of fused-ring (bicyclic) bond motifs is 1. The number of benzene rings is 2. The van der Waals surface area contributed by atoms with E-state index in [2.05, 4.69) is 0 Å². The van der Waals surface area contributed by atoms with Crippen LogP contribution in [0.3, 0.4) is 0 Å². The Morgan fingerprint density at radius 2 is 1.73 bits per heavy atom. The first kappa shape index (κ1) is 18.2. The molecule has 2 aromatic carbocycles. The standard InChI is InChI=1S/C21H22O5/c1-3-23-20(24-4-2)14-25-16-10-11-17-19(12-16)26-13-18(21(17)22)15-8-6-5-7-9-15/h5-13,20H,3-4,14H2,1-2H3. The van der Waals surface area contributed by atoms with E-state index in [1.807, 2.05) is 44.2 Å². The molecule has 5 nitrogen and oxygen atoms in total. The highest BCUT2D eigenvalue weighted by molar-refractivity contribution is 5.82. The Balaban J connectivity index is 1.83. The van der Waals surface area contributed by atoms with Crippen molar-refractivity contribution in [2.45, 2.75) is 20.1 Å². The maximum Gasteiger partial charge on any atom is 0.200 e. The lowest BCUT2D eigenvalue weighted by Crippen LogP contribution is -2.25. The monoisotopic (exact) mass is 354 g/mol. The van der Waals surface area contributed by atoms with E-state index in [0.29, 0.717) is 35.5 Å². The maximum absolute atomic E-state index is 12.7. The van der Waals surface area contributed by atoms with Crippen LogP contribution >= 0.6 is 0 Å². The molecule has 0 amide bonds. The first-order chi connectivity index (χ1) is 12.7. The van der Waals surface area contributed by atoms with Crippen LogP contribution in [0.2, 0.25) is 0 Å². The predicted molar refractivity (Wildman–Crippen MR) is 100 cm³/mol. The third kappa shape index (κ3) is 4.12. The summed E-state index contributed by atoms with van der Waals surface area (Å²) in [5.74, 6) is 0.595. The fourth-order valence-corrected chi connectivity index (χ4v) is 2.70. The smallest absolute Gasteiger partial charge is 0.200 e. The summed E-state index contributed by atoms with van der Waals surface area (Å²) in [5.41, 5.74) is 1.79. The van der Waals surface area contributed by atoms with Crippen molar-refractivity contribution in [3.8, 4) is 16.9 Å². The highest BCUT2D eigenvalue weighted by Gasteiger charge is 2.12. The zero-order chi connectivity index (χ0) is 18.4. The lowest BCUT2D eigenvalue weighted by Gasteiger charge is -2.17. The molecule has 0 atom stereocenters. The Hall–Kier alpha value is -2.63. The van der Waals surface area contributed by atoms with Crippen LogP contribution in [0.4, 0.5) is 0 Å². The summed E-state index contributed by atoms with van der Waals surface area (Å²) in [6.45, 7) is 5.16. The van der Waals surface area contributed by atoms with Crippen LogP contribution in [0, 0.1) is 0 Å². The average molecular weight is 354 g/mol. The minimum absolute atomic E-state index is 0.0643. The van der Waals surface area contributed by atoms with E-state index >= 15 is 0 Å². The topological polar surface area (TPSA) is 57.9 Å². The second-order valence-corrected chi connectivity index (χ2v) is 5.65. The van der Waals surface area contributed by atoms with E-state index in [4.69, 9.17) is 18.6 Å². The van der Waals surface area contributed by atoms with Crippen LogP contribution in [0.15, 0.2) is 64.0 Å². The highest BCUT2D eigenvalue weighted by Crippen LogP contribution is 2.23. The van der Waals surface area contributed by atoms with Crippen molar-refractivity contribution in [1.82, 2.24) is 0 Å². The van der Waals surface area contributed by atoms with Crippen molar-refractivity contribution < 1.29 is 18.6 Å². The van der Waals surface area contributed by atoms with Crippen molar-refractivity contribution in [3.05, 3.63) is 65.0 Å². The van der Waals surface area contributed by atoms with Gasteiger partial charge >= 0.3 is 0 Å². The third-order valence-electron chi connectivity index (χ3n) is 3.92. The van der Waals surface area contributed by atoms with Crippen LogP contribution < -0.4 is 10.2 Å². The van der Waals surface area contributed by atoms with E-state index in [9.17, 15) is 4.79 Å². The van der Waals surface area contributed by atoms with Gasteiger partial charge in [-0.25, -0.2) is 0 Å². The first-order valence-corrected chi connectivity index (χ1v) is 8.70. The summed E-state index contributed by atoms with van der Waals surface area (Å²) in [7, 11) is 0. The van der Waals surface area contributed by atoms with Crippen LogP contribution in [0.1, 0.15) is 13.8 Å². The van der Waals surface area contributed by atoms with Crippen molar-refractivity contribution in [1.29, 1.82) is 0 Å². The lowest BCUT2D eigenvalue weighted by molar-refractivity contribution is -0.152. The van der Waals surface area contributed by atoms with Crippen molar-refractivity contribution in [3.63, 3.8) is 0 Å². The number of ether oxygens (including phenoxy) is 3. The molecular formula is C21H22O5. The predicted octanol–water partition coefficient (Wildman–Crippen LogP) is 4.24. The molecule has 3 aromatic rings. The van der Waals surface area contributed by atoms with Gasteiger partial charge in [0.2, 0.25) is 0 Å². The SMILES string of the molecule is CCOC(COc1ccc2c(=O)c(-c3ccccc3)coc2c1)OCC. The fraction of sp³-hybridized carbons (Fsp3) is 0.286. The van der Waals surface area contributed by atoms with Gasteiger partial charge in [-0.3, -0.25) is 4.79 Å². The van der Waals surface area contributed by atoms with Gasteiger partial charge in [0.25, 0.3) is 0 Å². The third-order valence-corrected chi connectivity index (χ3v) is 3.92. The molecule has 0 fully saturated rings. The van der Waals surface area contributed by atoms with E-state index in [1.165, 1.54) is 6.26 Å². The Morgan fingerprint density at radius 3 is 2.42 bits per heavy atom. The van der Waals surface area contributed by atoms with Crippen molar-refractivity contribution >= 4 is 11.0 Å². The zero-order valence-corrected chi connectivity index (χ0v) is 14.9. The van der Waals surface area contributed by atoms with Gasteiger partial charge < -0.3 is 18.6 Å². The van der Waals surface area contributed by atoms with Crippen LogP contribution in [0.25, 0.3) is 22.1 Å². The molecule has 0 saturated carbocycles. The van der Waals surface area contributed by atoms with Crippen LogP contribution in [-0.2, 0) is 9.47 Å². The molecule has 136 valence electrons. The molecule has 0 aliphatic heterocycles. The summed E-state index contributed by atoms with van der Waals surface area (Å²) in [6, 6.07) is 14.6. The normalized spacial score (nSPS) is 11.2. The molecule has 0 unspecified atom stereocenters. The van der Waals surface area contributed by atoms with Gasteiger partial charge in [0, 0.05) is 19.3 Å². The molecule has 0 aliphatic rings. The molecule has 0 spiro atoms. The molecule has 0 saturated heterocycles. The van der Waals surface area contributed by atoms with Gasteiger partial charge in [0.05, 0.1) is 10.9 Å².